The first-order valence-electron chi connectivity index (χ1n) is 6.48. The van der Waals surface area contributed by atoms with Gasteiger partial charge in [0.1, 0.15) is 0 Å². The second-order valence-corrected chi connectivity index (χ2v) is 5.30. The molecule has 0 aliphatic rings. The summed E-state index contributed by atoms with van der Waals surface area (Å²) in [5, 5.41) is 0. The smallest absolute Gasteiger partial charge is 0.156 e. The van der Waals surface area contributed by atoms with E-state index in [1.54, 1.807) is 0 Å². The van der Waals surface area contributed by atoms with E-state index in [0.717, 1.165) is 29.5 Å². The third-order valence-corrected chi connectivity index (χ3v) is 3.57. The Morgan fingerprint density at radius 3 is 2.47 bits per heavy atom. The fourth-order valence-electron chi connectivity index (χ4n) is 1.93. The second-order valence-electron chi connectivity index (χ2n) is 4.45. The number of ether oxygens (including phenoxy) is 1. The highest BCUT2D eigenvalue weighted by Crippen LogP contribution is 2.30. The molecular formula is C16H18BrNO. The molecule has 0 radical (unpaired) electrons. The zero-order valence-electron chi connectivity index (χ0n) is 10.8. The topological polar surface area (TPSA) is 35.2 Å². The van der Waals surface area contributed by atoms with Gasteiger partial charge in [-0.15, -0.1) is 0 Å². The van der Waals surface area contributed by atoms with Crippen molar-refractivity contribution >= 4 is 21.6 Å². The van der Waals surface area contributed by atoms with E-state index in [1.807, 2.05) is 24.3 Å². The maximum Gasteiger partial charge on any atom is 0.156 e. The summed E-state index contributed by atoms with van der Waals surface area (Å²) >= 11 is 3.45. The van der Waals surface area contributed by atoms with E-state index in [1.165, 1.54) is 5.56 Å². The summed E-state index contributed by atoms with van der Waals surface area (Å²) in [5.41, 5.74) is 7.93. The molecule has 3 heteroatoms. The molecule has 0 unspecified atom stereocenters. The summed E-state index contributed by atoms with van der Waals surface area (Å²) in [6.45, 7) is 0.694. The van der Waals surface area contributed by atoms with E-state index in [4.69, 9.17) is 10.5 Å². The van der Waals surface area contributed by atoms with Gasteiger partial charge < -0.3 is 10.5 Å². The SMILES string of the molecule is Nc1cccc(Br)c1OCCCCc1ccccc1. The van der Waals surface area contributed by atoms with E-state index in [9.17, 15) is 0 Å². The molecule has 0 fully saturated rings. The zero-order chi connectivity index (χ0) is 13.5. The van der Waals surface area contributed by atoms with Crippen molar-refractivity contribution in [3.8, 4) is 5.75 Å². The molecule has 0 atom stereocenters. The molecule has 2 aromatic rings. The van der Waals surface area contributed by atoms with Crippen molar-refractivity contribution in [1.82, 2.24) is 0 Å². The molecule has 100 valence electrons. The molecule has 0 bridgehead atoms. The number of hydrogen-bond acceptors (Lipinski definition) is 2. The van der Waals surface area contributed by atoms with E-state index in [2.05, 4.69) is 40.2 Å². The Morgan fingerprint density at radius 2 is 1.74 bits per heavy atom. The van der Waals surface area contributed by atoms with E-state index in [-0.39, 0.29) is 0 Å². The van der Waals surface area contributed by atoms with Gasteiger partial charge in [-0.05, 0) is 52.9 Å². The van der Waals surface area contributed by atoms with Gasteiger partial charge in [-0.2, -0.15) is 0 Å². The molecule has 0 aliphatic carbocycles. The number of hydrogen-bond donors (Lipinski definition) is 1. The number of anilines is 1. The first-order chi connectivity index (χ1) is 9.27. The highest BCUT2D eigenvalue weighted by molar-refractivity contribution is 9.10. The lowest BCUT2D eigenvalue weighted by Gasteiger charge is -2.10. The third-order valence-electron chi connectivity index (χ3n) is 2.95. The summed E-state index contributed by atoms with van der Waals surface area (Å²) in [6.07, 6.45) is 3.24. The number of rotatable bonds is 6. The quantitative estimate of drug-likeness (QED) is 0.631. The monoisotopic (exact) mass is 319 g/mol. The number of unbranched alkanes of at least 4 members (excludes halogenated alkanes) is 1. The fourth-order valence-corrected chi connectivity index (χ4v) is 2.42. The van der Waals surface area contributed by atoms with Crippen LogP contribution in [-0.2, 0) is 6.42 Å². The van der Waals surface area contributed by atoms with E-state index >= 15 is 0 Å². The predicted octanol–water partition coefficient (Wildman–Crippen LogP) is 4.43. The van der Waals surface area contributed by atoms with Crippen LogP contribution in [0.2, 0.25) is 0 Å². The Hall–Kier alpha value is -1.48. The van der Waals surface area contributed by atoms with Crippen LogP contribution >= 0.6 is 15.9 Å². The van der Waals surface area contributed by atoms with Crippen LogP contribution in [0.1, 0.15) is 18.4 Å². The molecule has 2 aromatic carbocycles. The largest absolute Gasteiger partial charge is 0.490 e. The fraction of sp³-hybridized carbons (Fsp3) is 0.250. The van der Waals surface area contributed by atoms with E-state index in [0.29, 0.717) is 12.3 Å². The van der Waals surface area contributed by atoms with Crippen LogP contribution in [0.25, 0.3) is 0 Å². The average Bonchev–Trinajstić information content (AvgIpc) is 2.42. The minimum Gasteiger partial charge on any atom is -0.490 e. The summed E-state index contributed by atoms with van der Waals surface area (Å²) in [6, 6.07) is 16.2. The van der Waals surface area contributed by atoms with Crippen LogP contribution in [0.3, 0.4) is 0 Å². The summed E-state index contributed by atoms with van der Waals surface area (Å²) in [5.74, 6) is 0.752. The Bertz CT molecular complexity index is 493. The number of para-hydroxylation sites is 1. The van der Waals surface area contributed by atoms with Crippen LogP contribution in [0, 0.1) is 0 Å². The van der Waals surface area contributed by atoms with Crippen molar-refractivity contribution in [2.45, 2.75) is 19.3 Å². The Labute approximate surface area is 122 Å². The van der Waals surface area contributed by atoms with Gasteiger partial charge in [0, 0.05) is 0 Å². The molecule has 0 aromatic heterocycles. The van der Waals surface area contributed by atoms with Gasteiger partial charge in [0.05, 0.1) is 16.8 Å². The molecule has 0 amide bonds. The normalized spacial score (nSPS) is 10.4. The maximum absolute atomic E-state index is 5.87. The Kier molecular flexibility index (Phi) is 5.28. The van der Waals surface area contributed by atoms with Crippen molar-refractivity contribution in [3.63, 3.8) is 0 Å². The number of halogens is 1. The molecule has 0 heterocycles. The van der Waals surface area contributed by atoms with Crippen molar-refractivity contribution in [1.29, 1.82) is 0 Å². The molecule has 19 heavy (non-hydrogen) atoms. The minimum absolute atomic E-state index is 0.678. The molecule has 0 saturated carbocycles. The van der Waals surface area contributed by atoms with Crippen molar-refractivity contribution in [2.75, 3.05) is 12.3 Å². The highest BCUT2D eigenvalue weighted by atomic mass is 79.9. The van der Waals surface area contributed by atoms with Crippen LogP contribution < -0.4 is 10.5 Å². The Morgan fingerprint density at radius 1 is 0.947 bits per heavy atom. The first kappa shape index (κ1) is 13.9. The van der Waals surface area contributed by atoms with Crippen LogP contribution in [0.15, 0.2) is 53.0 Å². The van der Waals surface area contributed by atoms with E-state index < -0.39 is 0 Å². The van der Waals surface area contributed by atoms with Gasteiger partial charge in [-0.1, -0.05) is 36.4 Å². The first-order valence-corrected chi connectivity index (χ1v) is 7.27. The third kappa shape index (κ3) is 4.28. The number of benzene rings is 2. The summed E-state index contributed by atoms with van der Waals surface area (Å²) < 4.78 is 6.65. The van der Waals surface area contributed by atoms with Crippen LogP contribution in [0.5, 0.6) is 5.75 Å². The number of nitrogens with two attached hydrogens (primary N) is 1. The minimum atomic E-state index is 0.678. The van der Waals surface area contributed by atoms with Gasteiger partial charge >= 0.3 is 0 Å². The number of aryl methyl sites for hydroxylation is 1. The van der Waals surface area contributed by atoms with Gasteiger partial charge in [0.15, 0.2) is 5.75 Å². The van der Waals surface area contributed by atoms with Crippen molar-refractivity contribution < 1.29 is 4.74 Å². The molecule has 0 spiro atoms. The standard InChI is InChI=1S/C16H18BrNO/c17-14-10-6-11-15(18)16(14)19-12-5-4-9-13-7-2-1-3-8-13/h1-3,6-8,10-11H,4-5,9,12,18H2. The molecule has 2 nitrogen and oxygen atoms in total. The maximum atomic E-state index is 5.87. The Balaban J connectivity index is 1.73. The average molecular weight is 320 g/mol. The lowest BCUT2D eigenvalue weighted by Crippen LogP contribution is -2.01. The highest BCUT2D eigenvalue weighted by Gasteiger charge is 2.04. The van der Waals surface area contributed by atoms with Gasteiger partial charge in [0.25, 0.3) is 0 Å². The van der Waals surface area contributed by atoms with Gasteiger partial charge in [-0.3, -0.25) is 0 Å². The molecular weight excluding hydrogens is 302 g/mol. The lowest BCUT2D eigenvalue weighted by molar-refractivity contribution is 0.307. The zero-order valence-corrected chi connectivity index (χ0v) is 12.4. The second kappa shape index (κ2) is 7.19. The predicted molar refractivity (Wildman–Crippen MR) is 83.4 cm³/mol. The summed E-state index contributed by atoms with van der Waals surface area (Å²) in [7, 11) is 0. The molecule has 0 saturated heterocycles. The van der Waals surface area contributed by atoms with Crippen LogP contribution in [-0.4, -0.2) is 6.61 Å². The molecule has 2 rings (SSSR count). The number of nitrogen functional groups attached to an aromatic ring is 1. The van der Waals surface area contributed by atoms with Gasteiger partial charge in [-0.25, -0.2) is 0 Å². The van der Waals surface area contributed by atoms with Crippen LogP contribution in [0.4, 0.5) is 5.69 Å². The molecule has 2 N–H and O–H groups in total. The van der Waals surface area contributed by atoms with Gasteiger partial charge in [0.2, 0.25) is 0 Å². The molecule has 0 aliphatic heterocycles. The van der Waals surface area contributed by atoms with Crippen molar-refractivity contribution in [3.05, 3.63) is 58.6 Å². The van der Waals surface area contributed by atoms with Crippen molar-refractivity contribution in [2.24, 2.45) is 0 Å². The lowest BCUT2D eigenvalue weighted by atomic mass is 10.1. The summed E-state index contributed by atoms with van der Waals surface area (Å²) in [4.78, 5) is 0.